The van der Waals surface area contributed by atoms with Crippen molar-refractivity contribution in [1.82, 2.24) is 15.5 Å². The fourth-order valence-corrected chi connectivity index (χ4v) is 4.59. The third-order valence-electron chi connectivity index (χ3n) is 7.04. The SMILES string of the molecule is CCCCCNC(=O)C(c1cccc(C)c1C)N(C(=O)C(NC(=O)OC(C)(C)C)C(C)C)C(C)CCC(C)C. The number of nitrogens with zero attached hydrogens (tertiary/aromatic N) is 1. The lowest BCUT2D eigenvalue weighted by molar-refractivity contribution is -0.146. The topological polar surface area (TPSA) is 87.7 Å². The van der Waals surface area contributed by atoms with E-state index in [0.29, 0.717) is 12.5 Å². The van der Waals surface area contributed by atoms with Crippen LogP contribution in [0.2, 0.25) is 0 Å². The Balaban J connectivity index is 3.63. The third-order valence-corrected chi connectivity index (χ3v) is 7.04. The van der Waals surface area contributed by atoms with Crippen LogP contribution < -0.4 is 10.6 Å². The van der Waals surface area contributed by atoms with Gasteiger partial charge in [-0.2, -0.15) is 0 Å². The van der Waals surface area contributed by atoms with Crippen molar-refractivity contribution in [2.24, 2.45) is 11.8 Å². The first kappa shape index (κ1) is 34.5. The molecule has 0 bridgehead atoms. The Kier molecular flexibility index (Phi) is 14.0. The van der Waals surface area contributed by atoms with E-state index in [9.17, 15) is 14.4 Å². The summed E-state index contributed by atoms with van der Waals surface area (Å²) in [6, 6.07) is 4.01. The van der Waals surface area contributed by atoms with Gasteiger partial charge in [0, 0.05) is 12.6 Å². The second-order valence-electron chi connectivity index (χ2n) is 12.6. The number of unbranched alkanes of at least 4 members (excludes halogenated alkanes) is 2. The Morgan fingerprint density at radius 2 is 1.62 bits per heavy atom. The minimum Gasteiger partial charge on any atom is -0.444 e. The van der Waals surface area contributed by atoms with Gasteiger partial charge >= 0.3 is 6.09 Å². The molecule has 0 saturated heterocycles. The summed E-state index contributed by atoms with van der Waals surface area (Å²) in [7, 11) is 0. The molecule has 3 unspecified atom stereocenters. The van der Waals surface area contributed by atoms with Crippen LogP contribution in [-0.2, 0) is 14.3 Å². The standard InChI is InChI=1S/C32H55N3O4/c1-12-13-14-20-33-29(36)28(26-17-15-16-23(6)25(26)8)35(24(7)19-18-21(2)3)30(37)27(22(4)5)34-31(38)39-32(9,10)11/h15-17,21-22,24,27-28H,12-14,18-20H2,1-11H3,(H,33,36)(H,34,38). The number of hydrogen-bond acceptors (Lipinski definition) is 4. The number of hydrogen-bond donors (Lipinski definition) is 2. The summed E-state index contributed by atoms with van der Waals surface area (Å²) in [5, 5.41) is 5.93. The number of aryl methyl sites for hydroxylation is 1. The highest BCUT2D eigenvalue weighted by Crippen LogP contribution is 2.31. The molecular weight excluding hydrogens is 490 g/mol. The van der Waals surface area contributed by atoms with Crippen LogP contribution in [0.3, 0.4) is 0 Å². The average Bonchev–Trinajstić information content (AvgIpc) is 2.82. The molecule has 1 aromatic rings. The van der Waals surface area contributed by atoms with Crippen LogP contribution in [0.1, 0.15) is 117 Å². The summed E-state index contributed by atoms with van der Waals surface area (Å²) < 4.78 is 5.49. The Morgan fingerprint density at radius 3 is 2.15 bits per heavy atom. The number of benzene rings is 1. The van der Waals surface area contributed by atoms with Gasteiger partial charge < -0.3 is 20.3 Å². The van der Waals surface area contributed by atoms with Gasteiger partial charge in [-0.05, 0) is 89.3 Å². The molecule has 0 aliphatic heterocycles. The Bertz CT molecular complexity index is 936. The van der Waals surface area contributed by atoms with E-state index < -0.39 is 23.8 Å². The predicted molar refractivity (Wildman–Crippen MR) is 160 cm³/mol. The van der Waals surface area contributed by atoms with Crippen molar-refractivity contribution in [3.63, 3.8) is 0 Å². The monoisotopic (exact) mass is 545 g/mol. The van der Waals surface area contributed by atoms with Crippen molar-refractivity contribution in [2.75, 3.05) is 6.54 Å². The molecule has 0 spiro atoms. The highest BCUT2D eigenvalue weighted by molar-refractivity contribution is 5.92. The van der Waals surface area contributed by atoms with Gasteiger partial charge in [0.05, 0.1) is 0 Å². The summed E-state index contributed by atoms with van der Waals surface area (Å²) in [5.41, 5.74) is 2.16. The van der Waals surface area contributed by atoms with Gasteiger partial charge in [0.1, 0.15) is 17.7 Å². The molecule has 2 N–H and O–H groups in total. The van der Waals surface area contributed by atoms with Crippen LogP contribution in [0.5, 0.6) is 0 Å². The van der Waals surface area contributed by atoms with Crippen molar-refractivity contribution in [3.8, 4) is 0 Å². The van der Waals surface area contributed by atoms with E-state index in [4.69, 9.17) is 4.74 Å². The summed E-state index contributed by atoms with van der Waals surface area (Å²) in [6.45, 7) is 22.2. The number of alkyl carbamates (subject to hydrolysis) is 1. The Labute approximate surface area is 237 Å². The zero-order valence-electron chi connectivity index (χ0n) is 26.4. The lowest BCUT2D eigenvalue weighted by Crippen LogP contribution is -2.57. The molecule has 0 heterocycles. The maximum atomic E-state index is 14.4. The maximum absolute atomic E-state index is 14.4. The third kappa shape index (κ3) is 11.2. The summed E-state index contributed by atoms with van der Waals surface area (Å²) in [6.07, 6.45) is 3.97. The molecule has 222 valence electrons. The molecule has 0 aromatic heterocycles. The first-order valence-electron chi connectivity index (χ1n) is 14.8. The summed E-state index contributed by atoms with van der Waals surface area (Å²) >= 11 is 0. The molecule has 3 amide bonds. The van der Waals surface area contributed by atoms with Crippen LogP contribution in [-0.4, -0.2) is 47.0 Å². The minimum atomic E-state index is -0.846. The largest absolute Gasteiger partial charge is 0.444 e. The van der Waals surface area contributed by atoms with Gasteiger partial charge in [-0.3, -0.25) is 9.59 Å². The molecule has 7 nitrogen and oxygen atoms in total. The maximum Gasteiger partial charge on any atom is 0.408 e. The highest BCUT2D eigenvalue weighted by atomic mass is 16.6. The van der Waals surface area contributed by atoms with Gasteiger partial charge in [-0.25, -0.2) is 4.79 Å². The second-order valence-corrected chi connectivity index (χ2v) is 12.6. The Morgan fingerprint density at radius 1 is 0.974 bits per heavy atom. The highest BCUT2D eigenvalue weighted by Gasteiger charge is 2.40. The molecule has 39 heavy (non-hydrogen) atoms. The van der Waals surface area contributed by atoms with Crippen LogP contribution >= 0.6 is 0 Å². The summed E-state index contributed by atoms with van der Waals surface area (Å²) in [4.78, 5) is 42.9. The van der Waals surface area contributed by atoms with Crippen LogP contribution in [0.15, 0.2) is 18.2 Å². The van der Waals surface area contributed by atoms with Crippen molar-refractivity contribution in [3.05, 3.63) is 34.9 Å². The first-order chi connectivity index (χ1) is 18.1. The number of nitrogens with one attached hydrogen (secondary N) is 2. The van der Waals surface area contributed by atoms with Crippen molar-refractivity contribution < 1.29 is 19.1 Å². The zero-order chi connectivity index (χ0) is 29.9. The molecule has 7 heteroatoms. The molecule has 1 rings (SSSR count). The van der Waals surface area contributed by atoms with Gasteiger partial charge in [-0.1, -0.05) is 65.7 Å². The minimum absolute atomic E-state index is 0.190. The average molecular weight is 546 g/mol. The van der Waals surface area contributed by atoms with Crippen LogP contribution in [0.4, 0.5) is 4.79 Å². The first-order valence-corrected chi connectivity index (χ1v) is 14.8. The molecular formula is C32H55N3O4. The lowest BCUT2D eigenvalue weighted by Gasteiger charge is -2.40. The summed E-state index contributed by atoms with van der Waals surface area (Å²) in [5.74, 6) is -0.227. The quantitative estimate of drug-likeness (QED) is 0.250. The molecule has 0 aliphatic carbocycles. The van der Waals surface area contributed by atoms with Crippen molar-refractivity contribution in [2.45, 2.75) is 132 Å². The molecule has 1 aromatic carbocycles. The van der Waals surface area contributed by atoms with Crippen molar-refractivity contribution in [1.29, 1.82) is 0 Å². The van der Waals surface area contributed by atoms with Crippen LogP contribution in [0, 0.1) is 25.7 Å². The molecule has 0 aliphatic rings. The normalized spacial score (nSPS) is 14.1. The number of carbonyl (C=O) groups is 3. The fraction of sp³-hybridized carbons (Fsp3) is 0.719. The van der Waals surface area contributed by atoms with E-state index in [1.807, 2.05) is 52.8 Å². The van der Waals surface area contributed by atoms with E-state index in [0.717, 1.165) is 48.8 Å². The second kappa shape index (κ2) is 15.9. The molecule has 0 fully saturated rings. The van der Waals surface area contributed by atoms with E-state index in [1.165, 1.54) is 0 Å². The number of rotatable bonds is 14. The van der Waals surface area contributed by atoms with Gasteiger partial charge in [0.2, 0.25) is 11.8 Å². The number of carbonyl (C=O) groups excluding carboxylic acids is 3. The van der Waals surface area contributed by atoms with Gasteiger partial charge in [0.25, 0.3) is 0 Å². The van der Waals surface area contributed by atoms with E-state index in [1.54, 1.807) is 25.7 Å². The van der Waals surface area contributed by atoms with E-state index >= 15 is 0 Å². The molecule has 0 radical (unpaired) electrons. The van der Waals surface area contributed by atoms with Crippen LogP contribution in [0.25, 0.3) is 0 Å². The van der Waals surface area contributed by atoms with E-state index in [-0.39, 0.29) is 23.8 Å². The molecule has 3 atom stereocenters. The number of ether oxygens (including phenoxy) is 1. The number of amides is 3. The zero-order valence-corrected chi connectivity index (χ0v) is 26.4. The predicted octanol–water partition coefficient (Wildman–Crippen LogP) is 6.85. The molecule has 0 saturated carbocycles. The lowest BCUT2D eigenvalue weighted by atomic mass is 9.91. The van der Waals surface area contributed by atoms with Crippen molar-refractivity contribution >= 4 is 17.9 Å². The van der Waals surface area contributed by atoms with E-state index in [2.05, 4.69) is 31.4 Å². The van der Waals surface area contributed by atoms with Gasteiger partial charge in [-0.15, -0.1) is 0 Å². The fourth-order valence-electron chi connectivity index (χ4n) is 4.59. The smallest absolute Gasteiger partial charge is 0.408 e. The van der Waals surface area contributed by atoms with Gasteiger partial charge in [0.15, 0.2) is 0 Å². The Hall–Kier alpha value is -2.57.